The fourth-order valence-corrected chi connectivity index (χ4v) is 2.15. The SMILES string of the molecule is CCCn1c(=O)oc(=O)c2cnc(-c3ccccc3)nc21. The first kappa shape index (κ1) is 13.2. The third kappa shape index (κ3) is 2.35. The van der Waals surface area contributed by atoms with Gasteiger partial charge < -0.3 is 4.42 Å². The second-order valence-electron chi connectivity index (χ2n) is 4.60. The highest BCUT2D eigenvalue weighted by Gasteiger charge is 2.12. The molecule has 0 N–H and O–H groups in total. The molecule has 2 heterocycles. The van der Waals surface area contributed by atoms with E-state index in [1.165, 1.54) is 10.8 Å². The Morgan fingerprint density at radius 3 is 2.67 bits per heavy atom. The van der Waals surface area contributed by atoms with Crippen LogP contribution in [0.25, 0.3) is 22.4 Å². The van der Waals surface area contributed by atoms with Crippen LogP contribution in [0.15, 0.2) is 50.5 Å². The summed E-state index contributed by atoms with van der Waals surface area (Å²) >= 11 is 0. The molecule has 1 aromatic carbocycles. The average molecular weight is 283 g/mol. The lowest BCUT2D eigenvalue weighted by Crippen LogP contribution is -2.26. The van der Waals surface area contributed by atoms with Crippen molar-refractivity contribution >= 4 is 11.0 Å². The molecule has 0 unspecified atom stereocenters. The van der Waals surface area contributed by atoms with Crippen LogP contribution in [-0.4, -0.2) is 14.5 Å². The third-order valence-electron chi connectivity index (χ3n) is 3.12. The molecule has 0 saturated carbocycles. The molecule has 0 aliphatic heterocycles. The van der Waals surface area contributed by atoms with Crippen molar-refractivity contribution in [2.45, 2.75) is 19.9 Å². The summed E-state index contributed by atoms with van der Waals surface area (Å²) in [6.45, 7) is 2.37. The molecule has 0 aliphatic carbocycles. The van der Waals surface area contributed by atoms with E-state index in [1.54, 1.807) is 0 Å². The van der Waals surface area contributed by atoms with Crippen molar-refractivity contribution in [1.29, 1.82) is 0 Å². The Hall–Kier alpha value is -2.76. The highest BCUT2D eigenvalue weighted by atomic mass is 16.4. The Kier molecular flexibility index (Phi) is 3.35. The van der Waals surface area contributed by atoms with E-state index in [4.69, 9.17) is 4.42 Å². The van der Waals surface area contributed by atoms with E-state index in [9.17, 15) is 9.59 Å². The molecule has 0 bridgehead atoms. The molecule has 2 aromatic heterocycles. The fourth-order valence-electron chi connectivity index (χ4n) is 2.15. The van der Waals surface area contributed by atoms with Gasteiger partial charge in [0.25, 0.3) is 0 Å². The van der Waals surface area contributed by atoms with Gasteiger partial charge in [-0.1, -0.05) is 37.3 Å². The summed E-state index contributed by atoms with van der Waals surface area (Å²) in [5.74, 6) is -0.218. The molecule has 6 heteroatoms. The molecule has 0 aliphatic rings. The smallest absolute Gasteiger partial charge is 0.372 e. The lowest BCUT2D eigenvalue weighted by Gasteiger charge is -2.07. The molecule has 0 atom stereocenters. The highest BCUT2D eigenvalue weighted by molar-refractivity contribution is 5.74. The van der Waals surface area contributed by atoms with E-state index in [1.807, 2.05) is 37.3 Å². The van der Waals surface area contributed by atoms with Crippen LogP contribution in [0.3, 0.4) is 0 Å². The van der Waals surface area contributed by atoms with Crippen molar-refractivity contribution < 1.29 is 4.42 Å². The zero-order valence-corrected chi connectivity index (χ0v) is 11.4. The molecular formula is C15H13N3O3. The van der Waals surface area contributed by atoms with Crippen molar-refractivity contribution in [3.63, 3.8) is 0 Å². The quantitative estimate of drug-likeness (QED) is 0.732. The van der Waals surface area contributed by atoms with Gasteiger partial charge in [-0.15, -0.1) is 0 Å². The molecule has 21 heavy (non-hydrogen) atoms. The van der Waals surface area contributed by atoms with Crippen LogP contribution >= 0.6 is 0 Å². The van der Waals surface area contributed by atoms with Gasteiger partial charge in [-0.2, -0.15) is 0 Å². The van der Waals surface area contributed by atoms with Gasteiger partial charge in [-0.3, -0.25) is 4.57 Å². The van der Waals surface area contributed by atoms with Crippen molar-refractivity contribution in [2.75, 3.05) is 0 Å². The Balaban J connectivity index is 2.32. The van der Waals surface area contributed by atoms with E-state index in [0.29, 0.717) is 18.0 Å². The normalized spacial score (nSPS) is 10.9. The molecule has 106 valence electrons. The zero-order valence-electron chi connectivity index (χ0n) is 11.4. The number of aryl methyl sites for hydroxylation is 1. The topological polar surface area (TPSA) is 78.0 Å². The minimum atomic E-state index is -0.707. The number of nitrogens with zero attached hydrogens (tertiary/aromatic N) is 3. The van der Waals surface area contributed by atoms with E-state index in [0.717, 1.165) is 12.0 Å². The fraction of sp³-hybridized carbons (Fsp3) is 0.200. The molecule has 0 fully saturated rings. The number of rotatable bonds is 3. The standard InChI is InChI=1S/C15H13N3O3/c1-2-8-18-13-11(14(19)21-15(18)20)9-16-12(17-13)10-6-4-3-5-7-10/h3-7,9H,2,8H2,1H3. The van der Waals surface area contributed by atoms with Crippen LogP contribution in [0.1, 0.15) is 13.3 Å². The van der Waals surface area contributed by atoms with Crippen molar-refractivity contribution in [3.8, 4) is 11.4 Å². The van der Waals surface area contributed by atoms with Gasteiger partial charge in [0.15, 0.2) is 11.5 Å². The van der Waals surface area contributed by atoms with Gasteiger partial charge in [0.1, 0.15) is 5.39 Å². The lowest BCUT2D eigenvalue weighted by atomic mass is 10.2. The molecule has 6 nitrogen and oxygen atoms in total. The second-order valence-corrected chi connectivity index (χ2v) is 4.60. The number of benzene rings is 1. The Labute approximate surface area is 119 Å². The van der Waals surface area contributed by atoms with Gasteiger partial charge in [-0.25, -0.2) is 19.6 Å². The van der Waals surface area contributed by atoms with E-state index >= 15 is 0 Å². The largest absolute Gasteiger partial charge is 0.423 e. The van der Waals surface area contributed by atoms with Crippen LogP contribution < -0.4 is 11.4 Å². The maximum atomic E-state index is 11.8. The van der Waals surface area contributed by atoms with E-state index < -0.39 is 11.4 Å². The Morgan fingerprint density at radius 2 is 1.95 bits per heavy atom. The number of fused-ring (bicyclic) bond motifs is 1. The molecule has 0 radical (unpaired) electrons. The minimum Gasteiger partial charge on any atom is -0.372 e. The summed E-state index contributed by atoms with van der Waals surface area (Å²) in [6, 6.07) is 9.39. The molecule has 0 amide bonds. The Bertz CT molecular complexity index is 897. The summed E-state index contributed by atoms with van der Waals surface area (Å²) in [5.41, 5.74) is 0.428. The lowest BCUT2D eigenvalue weighted by molar-refractivity contribution is 0.413. The van der Waals surface area contributed by atoms with Crippen LogP contribution in [-0.2, 0) is 6.54 Å². The second kappa shape index (κ2) is 5.32. The van der Waals surface area contributed by atoms with Gasteiger partial charge in [0.2, 0.25) is 0 Å². The van der Waals surface area contributed by atoms with Crippen molar-refractivity contribution in [2.24, 2.45) is 0 Å². The van der Waals surface area contributed by atoms with Gasteiger partial charge in [0.05, 0.1) is 0 Å². The Morgan fingerprint density at radius 1 is 1.19 bits per heavy atom. The van der Waals surface area contributed by atoms with Crippen LogP contribution in [0.4, 0.5) is 0 Å². The first-order valence-electron chi connectivity index (χ1n) is 6.67. The maximum Gasteiger partial charge on any atom is 0.423 e. The molecule has 3 rings (SSSR count). The first-order valence-corrected chi connectivity index (χ1v) is 6.67. The number of hydrogen-bond donors (Lipinski definition) is 0. The van der Waals surface area contributed by atoms with Gasteiger partial charge in [-0.05, 0) is 6.42 Å². The predicted molar refractivity (Wildman–Crippen MR) is 78.1 cm³/mol. The first-order chi connectivity index (χ1) is 10.2. The van der Waals surface area contributed by atoms with Crippen LogP contribution in [0, 0.1) is 0 Å². The summed E-state index contributed by atoms with van der Waals surface area (Å²) in [7, 11) is 0. The third-order valence-corrected chi connectivity index (χ3v) is 3.12. The van der Waals surface area contributed by atoms with Gasteiger partial charge in [0, 0.05) is 18.3 Å². The highest BCUT2D eigenvalue weighted by Crippen LogP contribution is 2.15. The van der Waals surface area contributed by atoms with Crippen molar-refractivity contribution in [3.05, 3.63) is 57.5 Å². The van der Waals surface area contributed by atoms with Crippen LogP contribution in [0.5, 0.6) is 0 Å². The monoisotopic (exact) mass is 283 g/mol. The average Bonchev–Trinajstić information content (AvgIpc) is 2.52. The van der Waals surface area contributed by atoms with Gasteiger partial charge >= 0.3 is 11.4 Å². The van der Waals surface area contributed by atoms with E-state index in [-0.39, 0.29) is 5.39 Å². The summed E-state index contributed by atoms with van der Waals surface area (Å²) in [4.78, 5) is 32.1. The molecule has 3 aromatic rings. The van der Waals surface area contributed by atoms with Crippen molar-refractivity contribution in [1.82, 2.24) is 14.5 Å². The maximum absolute atomic E-state index is 11.8. The molecule has 0 spiro atoms. The number of aromatic nitrogens is 3. The summed E-state index contributed by atoms with van der Waals surface area (Å²) < 4.78 is 6.06. The summed E-state index contributed by atoms with van der Waals surface area (Å²) in [5, 5.41) is 0.211. The van der Waals surface area contributed by atoms with E-state index in [2.05, 4.69) is 9.97 Å². The minimum absolute atomic E-state index is 0.211. The van der Waals surface area contributed by atoms with Crippen LogP contribution in [0.2, 0.25) is 0 Å². The summed E-state index contributed by atoms with van der Waals surface area (Å²) in [6.07, 6.45) is 2.13. The zero-order chi connectivity index (χ0) is 14.8. The molecular weight excluding hydrogens is 270 g/mol. The predicted octanol–water partition coefficient (Wildman–Crippen LogP) is 1.82. The molecule has 0 saturated heterocycles. The number of hydrogen-bond acceptors (Lipinski definition) is 5.